The lowest BCUT2D eigenvalue weighted by Gasteiger charge is -2.32. The summed E-state index contributed by atoms with van der Waals surface area (Å²) in [5.41, 5.74) is -0.448. The Morgan fingerprint density at radius 3 is 2.32 bits per heavy atom. The third-order valence-electron chi connectivity index (χ3n) is 3.55. The number of carbonyl (C=O) groups excluding carboxylic acids is 2. The minimum absolute atomic E-state index is 0.112. The fraction of sp³-hybridized carbons (Fsp3) is 0.385. The van der Waals surface area contributed by atoms with E-state index in [0.717, 1.165) is 0 Å². The van der Waals surface area contributed by atoms with Crippen LogP contribution in [0.1, 0.15) is 47.9 Å². The molecule has 1 aliphatic heterocycles. The molecule has 1 heterocycles. The first kappa shape index (κ1) is 13.2. The van der Waals surface area contributed by atoms with E-state index in [0.29, 0.717) is 6.42 Å². The number of rotatable bonds is 3. The standard InChI is InChI=1S/C13H14N2O4/c1-4-13(2,3)14-11(16)9-6-5-8(15(18)19)7-10(9)12(14)17/h5-7H,4H2,1-3H3. The third-order valence-corrected chi connectivity index (χ3v) is 3.55. The molecule has 0 saturated heterocycles. The Hall–Kier alpha value is -2.24. The molecular weight excluding hydrogens is 248 g/mol. The average Bonchev–Trinajstić information content (AvgIpc) is 2.62. The van der Waals surface area contributed by atoms with Crippen LogP contribution in [0.5, 0.6) is 0 Å². The molecule has 100 valence electrons. The molecule has 6 heteroatoms. The molecular formula is C13H14N2O4. The van der Waals surface area contributed by atoms with Crippen molar-refractivity contribution in [1.29, 1.82) is 0 Å². The van der Waals surface area contributed by atoms with Crippen molar-refractivity contribution in [2.75, 3.05) is 0 Å². The van der Waals surface area contributed by atoms with Gasteiger partial charge in [0.2, 0.25) is 0 Å². The summed E-state index contributed by atoms with van der Waals surface area (Å²) in [6.45, 7) is 5.47. The quantitative estimate of drug-likeness (QED) is 0.476. The van der Waals surface area contributed by atoms with Crippen molar-refractivity contribution in [1.82, 2.24) is 4.90 Å². The van der Waals surface area contributed by atoms with E-state index < -0.39 is 16.4 Å². The van der Waals surface area contributed by atoms with Crippen LogP contribution >= 0.6 is 0 Å². The first-order valence-electron chi connectivity index (χ1n) is 5.97. The Morgan fingerprint density at radius 2 is 1.79 bits per heavy atom. The largest absolute Gasteiger partial charge is 0.270 e. The number of nitro groups is 1. The van der Waals surface area contributed by atoms with Crippen molar-refractivity contribution >= 4 is 17.5 Å². The van der Waals surface area contributed by atoms with E-state index in [2.05, 4.69) is 0 Å². The van der Waals surface area contributed by atoms with Crippen LogP contribution in [-0.2, 0) is 0 Å². The van der Waals surface area contributed by atoms with Gasteiger partial charge < -0.3 is 0 Å². The minimum atomic E-state index is -0.609. The molecule has 2 amide bonds. The second-order valence-electron chi connectivity index (χ2n) is 5.10. The maximum Gasteiger partial charge on any atom is 0.270 e. The number of benzene rings is 1. The summed E-state index contributed by atoms with van der Waals surface area (Å²) >= 11 is 0. The summed E-state index contributed by atoms with van der Waals surface area (Å²) in [7, 11) is 0. The van der Waals surface area contributed by atoms with E-state index in [1.54, 1.807) is 13.8 Å². The van der Waals surface area contributed by atoms with Crippen molar-refractivity contribution in [3.63, 3.8) is 0 Å². The van der Waals surface area contributed by atoms with Gasteiger partial charge in [0.25, 0.3) is 17.5 Å². The molecule has 19 heavy (non-hydrogen) atoms. The highest BCUT2D eigenvalue weighted by Crippen LogP contribution is 2.32. The SMILES string of the molecule is CCC(C)(C)N1C(=O)c2ccc([N+](=O)[O-])cc2C1=O. The summed E-state index contributed by atoms with van der Waals surface area (Å²) in [6.07, 6.45) is 0.612. The maximum atomic E-state index is 12.3. The molecule has 1 aliphatic rings. The van der Waals surface area contributed by atoms with Gasteiger partial charge in [0.1, 0.15) is 0 Å². The Labute approximate surface area is 110 Å². The fourth-order valence-electron chi connectivity index (χ4n) is 2.05. The van der Waals surface area contributed by atoms with Crippen molar-refractivity contribution < 1.29 is 14.5 Å². The van der Waals surface area contributed by atoms with Crippen molar-refractivity contribution in [2.45, 2.75) is 32.7 Å². The third kappa shape index (κ3) is 1.89. The molecule has 0 aromatic heterocycles. The van der Waals surface area contributed by atoms with Gasteiger partial charge >= 0.3 is 0 Å². The monoisotopic (exact) mass is 262 g/mol. The van der Waals surface area contributed by atoms with Gasteiger partial charge in [0, 0.05) is 17.7 Å². The lowest BCUT2D eigenvalue weighted by molar-refractivity contribution is -0.384. The fourth-order valence-corrected chi connectivity index (χ4v) is 2.05. The Morgan fingerprint density at radius 1 is 1.21 bits per heavy atom. The average molecular weight is 262 g/mol. The van der Waals surface area contributed by atoms with Gasteiger partial charge in [-0.1, -0.05) is 6.92 Å². The van der Waals surface area contributed by atoms with E-state index in [1.165, 1.54) is 23.1 Å². The van der Waals surface area contributed by atoms with Crippen LogP contribution in [0.3, 0.4) is 0 Å². The summed E-state index contributed by atoms with van der Waals surface area (Å²) in [6, 6.07) is 3.76. The molecule has 0 saturated carbocycles. The van der Waals surface area contributed by atoms with E-state index in [4.69, 9.17) is 0 Å². The van der Waals surface area contributed by atoms with Crippen LogP contribution in [0.25, 0.3) is 0 Å². The molecule has 0 fully saturated rings. The lowest BCUT2D eigenvalue weighted by Crippen LogP contribution is -2.47. The Balaban J connectivity index is 2.53. The highest BCUT2D eigenvalue weighted by atomic mass is 16.6. The minimum Gasteiger partial charge on any atom is -0.269 e. The number of hydrogen-bond acceptors (Lipinski definition) is 4. The van der Waals surface area contributed by atoms with Gasteiger partial charge in [-0.3, -0.25) is 24.6 Å². The lowest BCUT2D eigenvalue weighted by atomic mass is 9.99. The molecule has 6 nitrogen and oxygen atoms in total. The zero-order chi connectivity index (χ0) is 14.4. The number of hydrogen-bond donors (Lipinski definition) is 0. The molecule has 1 aromatic rings. The summed E-state index contributed by atoms with van der Waals surface area (Å²) in [5.74, 6) is -0.850. The van der Waals surface area contributed by atoms with Crippen LogP contribution in [0.15, 0.2) is 18.2 Å². The second-order valence-corrected chi connectivity index (χ2v) is 5.10. The van der Waals surface area contributed by atoms with Gasteiger partial charge in [-0.05, 0) is 26.3 Å². The summed E-state index contributed by atoms with van der Waals surface area (Å²) in [4.78, 5) is 35.8. The molecule has 0 aliphatic carbocycles. The van der Waals surface area contributed by atoms with Crippen LogP contribution < -0.4 is 0 Å². The topological polar surface area (TPSA) is 80.5 Å². The summed E-state index contributed by atoms with van der Waals surface area (Å²) < 4.78 is 0. The molecule has 0 radical (unpaired) electrons. The number of imide groups is 1. The highest BCUT2D eigenvalue weighted by Gasteiger charge is 2.43. The van der Waals surface area contributed by atoms with E-state index in [-0.39, 0.29) is 22.7 Å². The molecule has 2 rings (SSSR count). The first-order valence-corrected chi connectivity index (χ1v) is 5.97. The molecule has 1 aromatic carbocycles. The highest BCUT2D eigenvalue weighted by molar-refractivity contribution is 6.22. The van der Waals surface area contributed by atoms with Gasteiger partial charge in [0.15, 0.2) is 0 Å². The smallest absolute Gasteiger partial charge is 0.269 e. The van der Waals surface area contributed by atoms with E-state index >= 15 is 0 Å². The first-order chi connectivity index (χ1) is 8.79. The van der Waals surface area contributed by atoms with Gasteiger partial charge in [0.05, 0.1) is 16.1 Å². The predicted molar refractivity (Wildman–Crippen MR) is 68.0 cm³/mol. The zero-order valence-electron chi connectivity index (χ0n) is 11.0. The van der Waals surface area contributed by atoms with Crippen LogP contribution in [0.4, 0.5) is 5.69 Å². The van der Waals surface area contributed by atoms with Gasteiger partial charge in [-0.25, -0.2) is 0 Å². The number of carbonyl (C=O) groups is 2. The number of nitrogens with zero attached hydrogens (tertiary/aromatic N) is 2. The number of amides is 2. The van der Waals surface area contributed by atoms with Crippen LogP contribution in [0, 0.1) is 10.1 Å². The number of nitro benzene ring substituents is 1. The second kappa shape index (κ2) is 4.15. The van der Waals surface area contributed by atoms with Gasteiger partial charge in [-0.15, -0.1) is 0 Å². The molecule has 0 unspecified atom stereocenters. The predicted octanol–water partition coefficient (Wildman–Crippen LogP) is 2.38. The normalized spacial score (nSPS) is 14.8. The maximum absolute atomic E-state index is 12.3. The van der Waals surface area contributed by atoms with Crippen LogP contribution in [-0.4, -0.2) is 27.2 Å². The Bertz CT molecular complexity index is 592. The summed E-state index contributed by atoms with van der Waals surface area (Å²) in [5, 5.41) is 10.7. The number of non-ortho nitro benzene ring substituents is 1. The molecule has 0 atom stereocenters. The van der Waals surface area contributed by atoms with E-state index in [9.17, 15) is 19.7 Å². The molecule has 0 N–H and O–H groups in total. The zero-order valence-corrected chi connectivity index (χ0v) is 11.0. The number of fused-ring (bicyclic) bond motifs is 1. The van der Waals surface area contributed by atoms with Crippen molar-refractivity contribution in [3.8, 4) is 0 Å². The van der Waals surface area contributed by atoms with E-state index in [1.807, 2.05) is 6.92 Å². The molecule has 0 bridgehead atoms. The van der Waals surface area contributed by atoms with Crippen LogP contribution in [0.2, 0.25) is 0 Å². The van der Waals surface area contributed by atoms with Crippen molar-refractivity contribution in [3.05, 3.63) is 39.4 Å². The van der Waals surface area contributed by atoms with Crippen molar-refractivity contribution in [2.24, 2.45) is 0 Å². The molecule has 0 spiro atoms. The van der Waals surface area contributed by atoms with Gasteiger partial charge in [-0.2, -0.15) is 0 Å². The Kier molecular flexibility index (Phi) is 2.88.